The van der Waals surface area contributed by atoms with Crippen LogP contribution in [-0.4, -0.2) is 27.6 Å². The van der Waals surface area contributed by atoms with Crippen LogP contribution in [0.4, 0.5) is 0 Å². The molecule has 0 aliphatic carbocycles. The Kier molecular flexibility index (Phi) is 12.9. The minimum Gasteiger partial charge on any atom is -0.501 e. The van der Waals surface area contributed by atoms with E-state index < -0.39 is 14.9 Å². The topological polar surface area (TPSA) is 56.7 Å². The van der Waals surface area contributed by atoms with Crippen molar-refractivity contribution in [3.8, 4) is 39.5 Å². The molecule has 6 aromatic carbocycles. The Morgan fingerprint density at radius 1 is 0.725 bits per heavy atom. The van der Waals surface area contributed by atoms with Crippen LogP contribution in [0.15, 0.2) is 150 Å². The summed E-state index contributed by atoms with van der Waals surface area (Å²) in [5.41, 5.74) is 16.9. The average Bonchev–Trinajstić information content (AvgIpc) is 3.92. The van der Waals surface area contributed by atoms with Gasteiger partial charge >= 0.3 is 0 Å². The van der Waals surface area contributed by atoms with Crippen LogP contribution >= 0.6 is 0 Å². The minimum atomic E-state index is -2.12. The predicted molar refractivity (Wildman–Crippen MR) is 288 cm³/mol. The molecule has 0 saturated heterocycles. The molecule has 69 heavy (non-hydrogen) atoms. The summed E-state index contributed by atoms with van der Waals surface area (Å²) < 4.78 is 31.5. The van der Waals surface area contributed by atoms with Gasteiger partial charge < -0.3 is 14.0 Å². The molecule has 0 unspecified atom stereocenters. The summed E-state index contributed by atoms with van der Waals surface area (Å²) in [5, 5.41) is 3.50. The Morgan fingerprint density at radius 3 is 2.03 bits per heavy atom. The number of benzene rings is 6. The van der Waals surface area contributed by atoms with Crippen molar-refractivity contribution in [2.45, 2.75) is 99.1 Å². The van der Waals surface area contributed by atoms with Crippen LogP contribution < -0.4 is 5.19 Å². The van der Waals surface area contributed by atoms with Gasteiger partial charge in [0, 0.05) is 52.6 Å². The zero-order valence-electron chi connectivity index (χ0n) is 44.5. The molecule has 4 aromatic heterocycles. The number of pyridine rings is 2. The number of fused-ring (bicyclic) bond motifs is 4. The fourth-order valence-corrected chi connectivity index (χ4v) is 11.2. The molecular weight excluding hydrogens is 1040 g/mol. The van der Waals surface area contributed by atoms with Crippen molar-refractivity contribution >= 4 is 46.2 Å². The first-order valence-corrected chi connectivity index (χ1v) is 27.2. The van der Waals surface area contributed by atoms with Crippen LogP contribution in [0.5, 0.6) is 0 Å². The number of hydrogen-bond acceptors (Lipinski definition) is 4. The van der Waals surface area contributed by atoms with E-state index >= 15 is 0 Å². The number of nitrogens with zero attached hydrogens (tertiary/aromatic N) is 4. The number of aryl methyl sites for hydroxylation is 3. The standard InChI is InChI=1S/C38H34N3O.C24H28NSi.Ir/c1-22(2)31-20-27(26-13-8-7-9-14-26)21-32(23(3)4)36(31)41-33-19-24(5)39-25(6)35(33)40-38(41)30-17-12-16-29-28-15-10-11-18-34(28)42-37(29)30;1-18-12-14-19(15-13-18)22-16-21(23(17-25-22)26(4,5)6)24(2,3)20-10-8-7-9-11-20;/h7-16,18-23H,1-6H3;7-14,16-17H,1-6H3;/q2*-1;/i;1D3;. The van der Waals surface area contributed by atoms with Crippen molar-refractivity contribution in [2.24, 2.45) is 0 Å². The molecule has 7 heteroatoms. The second kappa shape index (κ2) is 19.6. The second-order valence-corrected chi connectivity index (χ2v) is 25.2. The first-order valence-electron chi connectivity index (χ1n) is 25.2. The molecule has 10 rings (SSSR count). The van der Waals surface area contributed by atoms with Gasteiger partial charge in [-0.1, -0.05) is 164 Å². The maximum absolute atomic E-state index is 7.56. The minimum absolute atomic E-state index is 0. The van der Waals surface area contributed by atoms with Crippen molar-refractivity contribution in [1.82, 2.24) is 19.5 Å². The molecule has 0 saturated carbocycles. The van der Waals surface area contributed by atoms with Crippen LogP contribution in [0.25, 0.3) is 72.4 Å². The molecule has 0 fully saturated rings. The van der Waals surface area contributed by atoms with E-state index in [0.29, 0.717) is 5.56 Å². The molecular formula is C62H62IrN4OSi-2. The van der Waals surface area contributed by atoms with Gasteiger partial charge in [0.1, 0.15) is 5.58 Å². The summed E-state index contributed by atoms with van der Waals surface area (Å²) in [6.45, 7) is 22.6. The number of furan rings is 1. The maximum atomic E-state index is 7.56. The van der Waals surface area contributed by atoms with E-state index in [-0.39, 0.29) is 37.4 Å². The monoisotopic (exact) mass is 1100 g/mol. The molecule has 0 bridgehead atoms. The van der Waals surface area contributed by atoms with Crippen LogP contribution in [-0.2, 0) is 25.5 Å². The Morgan fingerprint density at radius 2 is 1.39 bits per heavy atom. The zero-order chi connectivity index (χ0) is 50.6. The Bertz CT molecular complexity index is 3530. The Balaban J connectivity index is 0.000000204. The molecule has 351 valence electrons. The fourth-order valence-electron chi connectivity index (χ4n) is 9.56. The van der Waals surface area contributed by atoms with E-state index in [2.05, 4.69) is 182 Å². The first-order chi connectivity index (χ1) is 33.7. The number of rotatable bonds is 9. The van der Waals surface area contributed by atoms with Crippen LogP contribution in [0, 0.1) is 32.8 Å². The van der Waals surface area contributed by atoms with Crippen molar-refractivity contribution in [3.05, 3.63) is 197 Å². The summed E-state index contributed by atoms with van der Waals surface area (Å²) in [6.07, 6.45) is 2.02. The fraction of sp³-hybridized carbons (Fsp3) is 0.242. The van der Waals surface area contributed by atoms with Gasteiger partial charge in [-0.25, -0.2) is 0 Å². The SMILES string of the molecule is Cc1cc2c(nc(-c3[c-]ccc4c3oc3ccccc34)n2-c2c(C(C)C)cc(-c3ccccc3)cc2C(C)C)c(C)n1.[2H]C([2H])([2H])c1c[c-]c(-c2cc(C(C)(C)c3ccccc3)c([Si](C)(C)C)cn2)cc1.[Ir]. The molecule has 0 amide bonds. The van der Waals surface area contributed by atoms with Crippen molar-refractivity contribution < 1.29 is 28.6 Å². The smallest absolute Gasteiger partial charge is 0.120 e. The first kappa shape index (κ1) is 45.2. The summed E-state index contributed by atoms with van der Waals surface area (Å²) in [5.74, 6) is 1.38. The van der Waals surface area contributed by atoms with E-state index in [1.165, 1.54) is 44.3 Å². The van der Waals surface area contributed by atoms with Crippen LogP contribution in [0.1, 0.15) is 96.7 Å². The zero-order valence-corrected chi connectivity index (χ0v) is 44.9. The summed E-state index contributed by atoms with van der Waals surface area (Å²) in [7, 11) is -1.63. The maximum Gasteiger partial charge on any atom is 0.120 e. The van der Waals surface area contributed by atoms with Gasteiger partial charge in [-0.2, -0.15) is 0 Å². The van der Waals surface area contributed by atoms with Gasteiger partial charge in [-0.3, -0.25) is 9.97 Å². The molecule has 0 aliphatic heterocycles. The third-order valence-electron chi connectivity index (χ3n) is 13.2. The molecule has 0 atom stereocenters. The van der Waals surface area contributed by atoms with Gasteiger partial charge in [0.05, 0.1) is 36.2 Å². The molecule has 0 spiro atoms. The third kappa shape index (κ3) is 9.58. The van der Waals surface area contributed by atoms with E-state index in [1.807, 2.05) is 37.4 Å². The van der Waals surface area contributed by atoms with Crippen LogP contribution in [0.3, 0.4) is 0 Å². The molecule has 10 aromatic rings. The summed E-state index contributed by atoms with van der Waals surface area (Å²) in [6, 6.07) is 54.2. The largest absolute Gasteiger partial charge is 0.501 e. The molecule has 4 heterocycles. The number of para-hydroxylation sites is 1. The quantitative estimate of drug-likeness (QED) is 0.107. The van der Waals surface area contributed by atoms with E-state index in [1.54, 1.807) is 18.2 Å². The van der Waals surface area contributed by atoms with Crippen LogP contribution in [0.2, 0.25) is 19.6 Å². The normalized spacial score (nSPS) is 12.7. The Hall–Kier alpha value is -6.24. The summed E-state index contributed by atoms with van der Waals surface area (Å²) in [4.78, 5) is 14.8. The van der Waals surface area contributed by atoms with E-state index in [0.717, 1.165) is 67.0 Å². The van der Waals surface area contributed by atoms with Gasteiger partial charge in [0.15, 0.2) is 0 Å². The van der Waals surface area contributed by atoms with Gasteiger partial charge in [0.25, 0.3) is 0 Å². The number of hydrogen-bond donors (Lipinski definition) is 0. The third-order valence-corrected chi connectivity index (χ3v) is 15.2. The number of aromatic nitrogens is 4. The van der Waals surface area contributed by atoms with Gasteiger partial charge in [-0.15, -0.1) is 53.6 Å². The van der Waals surface area contributed by atoms with Crippen molar-refractivity contribution in [3.63, 3.8) is 0 Å². The van der Waals surface area contributed by atoms with E-state index in [9.17, 15) is 0 Å². The molecule has 0 N–H and O–H groups in total. The molecule has 1 radical (unpaired) electrons. The van der Waals surface area contributed by atoms with E-state index in [4.69, 9.17) is 23.5 Å². The molecule has 5 nitrogen and oxygen atoms in total. The van der Waals surface area contributed by atoms with Gasteiger partial charge in [-0.05, 0) is 94.2 Å². The van der Waals surface area contributed by atoms with Crippen molar-refractivity contribution in [2.75, 3.05) is 0 Å². The summed E-state index contributed by atoms with van der Waals surface area (Å²) >= 11 is 0. The molecule has 0 aliphatic rings. The van der Waals surface area contributed by atoms with Gasteiger partial charge in [0.2, 0.25) is 0 Å². The Labute approximate surface area is 427 Å². The average molecular weight is 1100 g/mol. The van der Waals surface area contributed by atoms with Crippen molar-refractivity contribution in [1.29, 1.82) is 0 Å². The second-order valence-electron chi connectivity index (χ2n) is 20.2. The number of imidazole rings is 1. The predicted octanol–water partition coefficient (Wildman–Crippen LogP) is 16.0.